The zero-order valence-corrected chi connectivity index (χ0v) is 16.4. The number of benzene rings is 2. The maximum Gasteiger partial charge on any atom is 0.301 e. The van der Waals surface area contributed by atoms with Crippen molar-refractivity contribution in [1.82, 2.24) is 4.98 Å². The van der Waals surface area contributed by atoms with Crippen LogP contribution in [0.2, 0.25) is 5.02 Å². The molecule has 0 unspecified atom stereocenters. The van der Waals surface area contributed by atoms with Gasteiger partial charge < -0.3 is 5.11 Å². The minimum atomic E-state index is -0.814. The predicted octanol–water partition coefficient (Wildman–Crippen LogP) is 4.73. The summed E-state index contributed by atoms with van der Waals surface area (Å²) in [4.78, 5) is 31.2. The van der Waals surface area contributed by atoms with Gasteiger partial charge in [-0.25, -0.2) is 4.98 Å². The Labute approximate surface area is 170 Å². The van der Waals surface area contributed by atoms with Crippen molar-refractivity contribution < 1.29 is 14.7 Å². The molecule has 0 radical (unpaired) electrons. The molecule has 0 spiro atoms. The average molecular weight is 411 g/mol. The number of amides is 1. The van der Waals surface area contributed by atoms with Crippen LogP contribution in [0.4, 0.5) is 5.13 Å². The van der Waals surface area contributed by atoms with Gasteiger partial charge in [0, 0.05) is 22.2 Å². The molecule has 0 aliphatic carbocycles. The standard InChI is InChI=1S/C21H15ClN2O3S/c1-12-5-7-13(8-6-12)18(25)16-17(14-3-2-4-15(22)11-14)24(20(27)19(16)26)21-23-9-10-28-21/h2-11,17,25H,1H3/b18-16+/t17-/m1/s1. The minimum absolute atomic E-state index is 0.0197. The van der Waals surface area contributed by atoms with Crippen molar-refractivity contribution >= 4 is 45.5 Å². The molecule has 0 saturated carbocycles. The van der Waals surface area contributed by atoms with Crippen molar-refractivity contribution in [3.63, 3.8) is 0 Å². The maximum atomic E-state index is 12.9. The third kappa shape index (κ3) is 3.10. The molecule has 1 atom stereocenters. The van der Waals surface area contributed by atoms with Crippen LogP contribution in [0.5, 0.6) is 0 Å². The number of nitrogens with zero attached hydrogens (tertiary/aromatic N) is 2. The summed E-state index contributed by atoms with van der Waals surface area (Å²) in [6.45, 7) is 1.93. The van der Waals surface area contributed by atoms with E-state index in [1.54, 1.807) is 48.0 Å². The van der Waals surface area contributed by atoms with Crippen molar-refractivity contribution in [3.05, 3.63) is 87.4 Å². The number of anilines is 1. The van der Waals surface area contributed by atoms with E-state index in [-0.39, 0.29) is 11.3 Å². The van der Waals surface area contributed by atoms with Gasteiger partial charge in [-0.05, 0) is 24.6 Å². The highest BCUT2D eigenvalue weighted by molar-refractivity contribution is 7.14. The highest BCUT2D eigenvalue weighted by Crippen LogP contribution is 2.43. The summed E-state index contributed by atoms with van der Waals surface area (Å²) in [7, 11) is 0. The van der Waals surface area contributed by atoms with Crippen molar-refractivity contribution in [2.75, 3.05) is 4.90 Å². The molecular formula is C21H15ClN2O3S. The van der Waals surface area contributed by atoms with Crippen LogP contribution in [-0.2, 0) is 9.59 Å². The number of halogens is 1. The van der Waals surface area contributed by atoms with Crippen molar-refractivity contribution in [2.45, 2.75) is 13.0 Å². The van der Waals surface area contributed by atoms with Gasteiger partial charge in [-0.15, -0.1) is 11.3 Å². The molecule has 1 fully saturated rings. The Morgan fingerprint density at radius 1 is 1.18 bits per heavy atom. The largest absolute Gasteiger partial charge is 0.507 e. The molecule has 1 aliphatic rings. The summed E-state index contributed by atoms with van der Waals surface area (Å²) < 4.78 is 0. The highest BCUT2D eigenvalue weighted by Gasteiger charge is 2.47. The smallest absolute Gasteiger partial charge is 0.301 e. The number of aryl methyl sites for hydroxylation is 1. The van der Waals surface area contributed by atoms with Gasteiger partial charge in [-0.1, -0.05) is 53.6 Å². The SMILES string of the molecule is Cc1ccc(/C(O)=C2\C(=O)C(=O)N(c3nccs3)[C@@H]2c2cccc(Cl)c2)cc1. The van der Waals surface area contributed by atoms with E-state index in [0.717, 1.165) is 5.56 Å². The second-order valence-corrected chi connectivity index (χ2v) is 7.71. The summed E-state index contributed by atoms with van der Waals surface area (Å²) in [6.07, 6.45) is 1.56. The van der Waals surface area contributed by atoms with Crippen LogP contribution in [-0.4, -0.2) is 21.8 Å². The lowest BCUT2D eigenvalue weighted by Crippen LogP contribution is -2.29. The van der Waals surface area contributed by atoms with Crippen LogP contribution in [0.1, 0.15) is 22.7 Å². The Morgan fingerprint density at radius 2 is 1.93 bits per heavy atom. The third-order valence-corrected chi connectivity index (χ3v) is 5.57. The van der Waals surface area contributed by atoms with Gasteiger partial charge in [0.1, 0.15) is 5.76 Å². The van der Waals surface area contributed by atoms with Crippen LogP contribution < -0.4 is 4.90 Å². The molecule has 1 amide bonds. The number of ketones is 1. The lowest BCUT2D eigenvalue weighted by atomic mass is 9.95. The summed E-state index contributed by atoms with van der Waals surface area (Å²) in [5.74, 6) is -1.70. The van der Waals surface area contributed by atoms with Crippen LogP contribution >= 0.6 is 22.9 Å². The van der Waals surface area contributed by atoms with Gasteiger partial charge in [0.25, 0.3) is 5.78 Å². The van der Waals surface area contributed by atoms with E-state index >= 15 is 0 Å². The second-order valence-electron chi connectivity index (χ2n) is 6.40. The van der Waals surface area contributed by atoms with Gasteiger partial charge in [0.2, 0.25) is 0 Å². The monoisotopic (exact) mass is 410 g/mol. The maximum absolute atomic E-state index is 12.9. The number of aromatic nitrogens is 1. The van der Waals surface area contributed by atoms with Gasteiger partial charge in [-0.2, -0.15) is 0 Å². The van der Waals surface area contributed by atoms with E-state index in [0.29, 0.717) is 21.3 Å². The molecule has 1 saturated heterocycles. The number of aliphatic hydroxyl groups excluding tert-OH is 1. The first-order valence-corrected chi connectivity index (χ1v) is 9.76. The van der Waals surface area contributed by atoms with Gasteiger partial charge in [-0.3, -0.25) is 14.5 Å². The lowest BCUT2D eigenvalue weighted by Gasteiger charge is -2.23. The van der Waals surface area contributed by atoms with E-state index in [1.165, 1.54) is 16.2 Å². The lowest BCUT2D eigenvalue weighted by molar-refractivity contribution is -0.132. The van der Waals surface area contributed by atoms with Crippen LogP contribution in [0, 0.1) is 6.92 Å². The fraction of sp³-hybridized carbons (Fsp3) is 0.0952. The van der Waals surface area contributed by atoms with Crippen molar-refractivity contribution in [2.24, 2.45) is 0 Å². The Balaban J connectivity index is 1.95. The molecule has 7 heteroatoms. The van der Waals surface area contributed by atoms with Gasteiger partial charge in [0.05, 0.1) is 11.6 Å². The number of hydrogen-bond donors (Lipinski definition) is 1. The number of carbonyl (C=O) groups excluding carboxylic acids is 2. The molecule has 28 heavy (non-hydrogen) atoms. The number of hydrogen-bond acceptors (Lipinski definition) is 5. The van der Waals surface area contributed by atoms with E-state index in [1.807, 2.05) is 19.1 Å². The van der Waals surface area contributed by atoms with Crippen molar-refractivity contribution in [1.29, 1.82) is 0 Å². The molecule has 5 nitrogen and oxygen atoms in total. The number of Topliss-reactive ketones (excluding diaryl/α,β-unsaturated/α-hetero) is 1. The molecule has 1 N–H and O–H groups in total. The fourth-order valence-corrected chi connectivity index (χ4v) is 4.09. The topological polar surface area (TPSA) is 70.5 Å². The first-order chi connectivity index (χ1) is 13.5. The highest BCUT2D eigenvalue weighted by atomic mass is 35.5. The number of thiazole rings is 1. The van der Waals surface area contributed by atoms with Crippen LogP contribution in [0.3, 0.4) is 0 Å². The molecule has 1 aromatic heterocycles. The van der Waals surface area contributed by atoms with Gasteiger partial charge >= 0.3 is 5.91 Å². The molecule has 4 rings (SSSR count). The summed E-state index contributed by atoms with van der Waals surface area (Å²) in [5.41, 5.74) is 2.13. The Bertz CT molecular complexity index is 1090. The van der Waals surface area contributed by atoms with E-state index in [4.69, 9.17) is 11.6 Å². The molecule has 2 aromatic carbocycles. The zero-order valence-electron chi connectivity index (χ0n) is 14.8. The molecule has 1 aliphatic heterocycles. The van der Waals surface area contributed by atoms with E-state index < -0.39 is 17.7 Å². The van der Waals surface area contributed by atoms with E-state index in [9.17, 15) is 14.7 Å². The zero-order chi connectivity index (χ0) is 19.8. The first-order valence-electron chi connectivity index (χ1n) is 8.50. The van der Waals surface area contributed by atoms with Crippen LogP contribution in [0.15, 0.2) is 65.7 Å². The predicted molar refractivity (Wildman–Crippen MR) is 110 cm³/mol. The normalized spacial score (nSPS) is 18.6. The Kier molecular flexibility index (Phi) is 4.75. The second kappa shape index (κ2) is 7.22. The Hall–Kier alpha value is -2.96. The molecule has 3 aromatic rings. The molecule has 2 heterocycles. The molecule has 0 bridgehead atoms. The number of aliphatic hydroxyl groups is 1. The van der Waals surface area contributed by atoms with Crippen LogP contribution in [0.25, 0.3) is 5.76 Å². The number of rotatable bonds is 3. The van der Waals surface area contributed by atoms with Crippen molar-refractivity contribution in [3.8, 4) is 0 Å². The summed E-state index contributed by atoms with van der Waals surface area (Å²) in [5, 5.41) is 13.5. The fourth-order valence-electron chi connectivity index (χ4n) is 3.22. The Morgan fingerprint density at radius 3 is 2.57 bits per heavy atom. The van der Waals surface area contributed by atoms with Gasteiger partial charge in [0.15, 0.2) is 5.13 Å². The summed E-state index contributed by atoms with van der Waals surface area (Å²) in [6, 6.07) is 13.2. The first kappa shape index (κ1) is 18.4. The third-order valence-electron chi connectivity index (χ3n) is 4.56. The summed E-state index contributed by atoms with van der Waals surface area (Å²) >= 11 is 7.40. The molecular weight excluding hydrogens is 396 g/mol. The quantitative estimate of drug-likeness (QED) is 0.385. The van der Waals surface area contributed by atoms with E-state index in [2.05, 4.69) is 4.98 Å². The number of carbonyl (C=O) groups is 2. The average Bonchev–Trinajstić information content (AvgIpc) is 3.29. The minimum Gasteiger partial charge on any atom is -0.507 e. The molecule has 140 valence electrons.